The maximum absolute atomic E-state index is 12.9. The quantitative estimate of drug-likeness (QED) is 0.110. The van der Waals surface area contributed by atoms with Crippen LogP contribution in [0.3, 0.4) is 0 Å². The fourth-order valence-electron chi connectivity index (χ4n) is 3.69. The van der Waals surface area contributed by atoms with Crippen LogP contribution in [0.15, 0.2) is 12.7 Å². The number of carbonyl (C=O) groups is 1. The lowest BCUT2D eigenvalue weighted by Crippen LogP contribution is -2.52. The van der Waals surface area contributed by atoms with Gasteiger partial charge in [0, 0.05) is 0 Å². The highest BCUT2D eigenvalue weighted by Crippen LogP contribution is 2.33. The molecule has 0 saturated heterocycles. The van der Waals surface area contributed by atoms with Crippen LogP contribution in [-0.2, 0) is 17.8 Å². The van der Waals surface area contributed by atoms with E-state index in [4.69, 9.17) is 13.0 Å². The van der Waals surface area contributed by atoms with Gasteiger partial charge in [0.2, 0.25) is 0 Å². The van der Waals surface area contributed by atoms with E-state index in [2.05, 4.69) is 52.8 Å². The Balaban J connectivity index is 4.88. The van der Waals surface area contributed by atoms with E-state index < -0.39 is 25.9 Å². The number of ether oxygens (including phenoxy) is 1. The Morgan fingerprint density at radius 3 is 2.14 bits per heavy atom. The summed E-state index contributed by atoms with van der Waals surface area (Å²) in [4.78, 5) is 12.9. The van der Waals surface area contributed by atoms with Gasteiger partial charge < -0.3 is 13.0 Å². The number of hydrogen-bond acceptors (Lipinski definition) is 4. The third-order valence-corrected chi connectivity index (χ3v) is 15.2. The van der Waals surface area contributed by atoms with Gasteiger partial charge in [-0.05, 0) is 52.1 Å². The Hall–Kier alpha value is -0.219. The van der Waals surface area contributed by atoms with Crippen molar-refractivity contribution in [3.63, 3.8) is 0 Å². The zero-order valence-electron chi connectivity index (χ0n) is 19.6. The number of rotatable bonds is 17. The summed E-state index contributed by atoms with van der Waals surface area (Å²) in [5.41, 5.74) is -0.128. The Morgan fingerprint density at radius 1 is 1.04 bits per heavy atom. The van der Waals surface area contributed by atoms with E-state index in [9.17, 15) is 4.79 Å². The van der Waals surface area contributed by atoms with Gasteiger partial charge in [-0.1, -0.05) is 57.9 Å². The van der Waals surface area contributed by atoms with Crippen LogP contribution in [0.2, 0.25) is 44.8 Å². The second-order valence-electron chi connectivity index (χ2n) is 8.98. The lowest BCUT2D eigenvalue weighted by Gasteiger charge is -2.38. The van der Waals surface area contributed by atoms with Crippen molar-refractivity contribution in [2.24, 2.45) is 0 Å². The van der Waals surface area contributed by atoms with E-state index >= 15 is 0 Å². The van der Waals surface area contributed by atoms with E-state index in [1.807, 2.05) is 0 Å². The average Bonchev–Trinajstić information content (AvgIpc) is 2.54. The monoisotopic (exact) mass is 446 g/mol. The molecule has 0 radical (unpaired) electrons. The first kappa shape index (κ1) is 27.8. The maximum atomic E-state index is 12.9. The van der Waals surface area contributed by atoms with E-state index in [0.29, 0.717) is 13.0 Å². The maximum Gasteiger partial charge on any atom is 0.311 e. The van der Waals surface area contributed by atoms with Gasteiger partial charge in [-0.3, -0.25) is 4.79 Å². The van der Waals surface area contributed by atoms with Crippen molar-refractivity contribution >= 4 is 31.9 Å². The molecular weight excluding hydrogens is 400 g/mol. The molecule has 0 spiro atoms. The molecule has 0 rings (SSSR count). The summed E-state index contributed by atoms with van der Waals surface area (Å²) in [6, 6.07) is 0. The number of hydrogen-bond donors (Lipinski definition) is 0. The molecule has 0 amide bonds. The summed E-state index contributed by atoms with van der Waals surface area (Å²) in [6.45, 7) is 19.3. The molecule has 1 atom stereocenters. The molecule has 0 aliphatic heterocycles. The van der Waals surface area contributed by atoms with Crippen LogP contribution in [0.25, 0.3) is 0 Å². The summed E-state index contributed by atoms with van der Waals surface area (Å²) >= 11 is 0. The van der Waals surface area contributed by atoms with Gasteiger partial charge >= 0.3 is 14.5 Å². The molecule has 0 N–H and O–H groups in total. The van der Waals surface area contributed by atoms with Crippen LogP contribution in [0.5, 0.6) is 0 Å². The molecule has 0 aliphatic carbocycles. The van der Waals surface area contributed by atoms with Crippen molar-refractivity contribution < 1.29 is 17.8 Å². The minimum Gasteiger partial charge on any atom is -0.465 e. The molecule has 166 valence electrons. The fraction of sp³-hybridized carbons (Fsp3) is 0.857. The summed E-state index contributed by atoms with van der Waals surface area (Å²) < 4.78 is 18.4. The summed E-state index contributed by atoms with van der Waals surface area (Å²) in [5, 5.41) is 0. The molecule has 0 aromatic carbocycles. The van der Waals surface area contributed by atoms with Crippen molar-refractivity contribution in [3.05, 3.63) is 12.7 Å². The lowest BCUT2D eigenvalue weighted by molar-refractivity contribution is -0.143. The van der Waals surface area contributed by atoms with Crippen molar-refractivity contribution in [2.75, 3.05) is 6.61 Å². The van der Waals surface area contributed by atoms with Crippen LogP contribution < -0.4 is 0 Å². The van der Waals surface area contributed by atoms with Crippen molar-refractivity contribution in [1.82, 2.24) is 0 Å². The smallest absolute Gasteiger partial charge is 0.311 e. The van der Waals surface area contributed by atoms with Crippen LogP contribution in [0.1, 0.15) is 64.7 Å². The van der Waals surface area contributed by atoms with Crippen molar-refractivity contribution in [3.8, 4) is 0 Å². The minimum atomic E-state index is -2.28. The number of carbonyl (C=O) groups excluding carboxylic acids is 1. The van der Waals surface area contributed by atoms with Crippen LogP contribution in [0.4, 0.5) is 0 Å². The first-order chi connectivity index (χ1) is 13.1. The highest BCUT2D eigenvalue weighted by molar-refractivity contribution is 6.86. The van der Waals surface area contributed by atoms with E-state index in [1.165, 1.54) is 38.5 Å². The van der Waals surface area contributed by atoms with Crippen LogP contribution in [-0.4, -0.2) is 38.5 Å². The Morgan fingerprint density at radius 2 is 1.61 bits per heavy atom. The molecule has 0 heterocycles. The van der Waals surface area contributed by atoms with Gasteiger partial charge in [-0.25, -0.2) is 0 Å². The molecule has 4 nitrogen and oxygen atoms in total. The average molecular weight is 447 g/mol. The van der Waals surface area contributed by atoms with Gasteiger partial charge in [0.15, 0.2) is 17.4 Å². The molecule has 28 heavy (non-hydrogen) atoms. The van der Waals surface area contributed by atoms with Crippen molar-refractivity contribution in [2.45, 2.75) is 110 Å². The Labute approximate surface area is 178 Å². The normalized spacial score (nSPS) is 13.6. The third kappa shape index (κ3) is 13.1. The first-order valence-corrected chi connectivity index (χ1v) is 19.8. The largest absolute Gasteiger partial charge is 0.465 e. The molecule has 0 aromatic heterocycles. The topological polar surface area (TPSA) is 44.8 Å². The van der Waals surface area contributed by atoms with Crippen molar-refractivity contribution in [1.29, 1.82) is 0 Å². The summed E-state index contributed by atoms with van der Waals surface area (Å²) in [7, 11) is -5.67. The zero-order valence-corrected chi connectivity index (χ0v) is 22.8. The van der Waals surface area contributed by atoms with E-state index in [1.54, 1.807) is 6.08 Å². The molecule has 0 aromatic rings. The SMILES string of the molecule is C=CCCOC(=O)C(CCCCCCCCC)[Si](C)(C)O[Si](C)(C)O[SiH](C)C. The molecule has 0 saturated carbocycles. The predicted octanol–water partition coefficient (Wildman–Crippen LogP) is 6.54. The standard InChI is InChI=1S/C21H46O4Si3/c1-9-11-13-14-15-16-17-18-20(21(22)23-19-12-10-2)27(5,6)25-28(7,8)24-26(3)4/h10,20,26H,2,9,11-19H2,1,3-8H3. The molecular formula is C21H46O4Si3. The highest BCUT2D eigenvalue weighted by atomic mass is 28.5. The molecule has 7 heteroatoms. The second-order valence-corrected chi connectivity index (χ2v) is 19.5. The van der Waals surface area contributed by atoms with Gasteiger partial charge in [0.1, 0.15) is 0 Å². The molecule has 0 aliphatic rings. The number of unbranched alkanes of at least 4 members (excludes halogenated alkanes) is 6. The van der Waals surface area contributed by atoms with Crippen LogP contribution >= 0.6 is 0 Å². The predicted molar refractivity (Wildman–Crippen MR) is 128 cm³/mol. The second kappa shape index (κ2) is 14.7. The van der Waals surface area contributed by atoms with Crippen LogP contribution in [0, 0.1) is 0 Å². The molecule has 0 bridgehead atoms. The van der Waals surface area contributed by atoms with E-state index in [0.717, 1.165) is 12.8 Å². The van der Waals surface area contributed by atoms with Gasteiger partial charge in [-0.2, -0.15) is 0 Å². The first-order valence-electron chi connectivity index (χ1n) is 11.2. The van der Waals surface area contributed by atoms with Gasteiger partial charge in [0.05, 0.1) is 12.1 Å². The highest BCUT2D eigenvalue weighted by Gasteiger charge is 2.44. The Bertz CT molecular complexity index is 439. The minimum absolute atomic E-state index is 0.0870. The fourth-order valence-corrected chi connectivity index (χ4v) is 16.0. The molecule has 1 unspecified atom stereocenters. The number of esters is 1. The lowest BCUT2D eigenvalue weighted by atomic mass is 10.1. The molecule has 0 fully saturated rings. The third-order valence-electron chi connectivity index (χ3n) is 4.81. The summed E-state index contributed by atoms with van der Waals surface area (Å²) in [6.07, 6.45) is 12.1. The Kier molecular flexibility index (Phi) is 14.6. The summed E-state index contributed by atoms with van der Waals surface area (Å²) in [5.74, 6) is -0.0870. The van der Waals surface area contributed by atoms with Gasteiger partial charge in [-0.15, -0.1) is 6.58 Å². The zero-order chi connectivity index (χ0) is 21.6. The van der Waals surface area contributed by atoms with Gasteiger partial charge in [0.25, 0.3) is 0 Å². The van der Waals surface area contributed by atoms with E-state index in [-0.39, 0.29) is 11.5 Å².